The third kappa shape index (κ3) is 4.81. The van der Waals surface area contributed by atoms with Crippen molar-refractivity contribution in [2.45, 2.75) is 19.0 Å². The Morgan fingerprint density at radius 3 is 2.62 bits per heavy atom. The molecule has 9 heteroatoms. The lowest BCUT2D eigenvalue weighted by molar-refractivity contribution is -0.259. The van der Waals surface area contributed by atoms with Crippen molar-refractivity contribution in [1.29, 1.82) is 5.26 Å². The van der Waals surface area contributed by atoms with E-state index < -0.39 is 31.4 Å². The summed E-state index contributed by atoms with van der Waals surface area (Å²) in [6.45, 7) is -3.77. The minimum Gasteiger partial charge on any atom is -0.491 e. The number of aliphatic hydroxyl groups is 2. The van der Waals surface area contributed by atoms with E-state index in [9.17, 15) is 28.6 Å². The van der Waals surface area contributed by atoms with Crippen molar-refractivity contribution in [1.82, 2.24) is 4.98 Å². The molecule has 2 atom stereocenters. The van der Waals surface area contributed by atoms with Crippen LogP contribution in [0.2, 0.25) is 0 Å². The van der Waals surface area contributed by atoms with Gasteiger partial charge in [-0.15, -0.1) is 0 Å². The van der Waals surface area contributed by atoms with Gasteiger partial charge in [0.1, 0.15) is 36.0 Å². The maximum absolute atomic E-state index is 13.7. The maximum Gasteiger partial charge on any atom is 0.347 e. The van der Waals surface area contributed by atoms with Gasteiger partial charge in [-0.05, 0) is 41.3 Å². The van der Waals surface area contributed by atoms with E-state index in [4.69, 9.17) is 4.74 Å². The molecule has 1 heterocycles. The van der Waals surface area contributed by atoms with Gasteiger partial charge >= 0.3 is 6.61 Å². The van der Waals surface area contributed by atoms with Crippen LogP contribution in [0.5, 0.6) is 5.75 Å². The van der Waals surface area contributed by atoms with Gasteiger partial charge in [0.15, 0.2) is 6.29 Å². The number of fused-ring (bicyclic) bond motifs is 1. The highest BCUT2D eigenvalue weighted by Crippen LogP contribution is 2.33. The number of aromatic nitrogens is 1. The molecule has 0 spiro atoms. The van der Waals surface area contributed by atoms with Crippen LogP contribution in [-0.4, -0.2) is 40.8 Å². The highest BCUT2D eigenvalue weighted by molar-refractivity contribution is 5.98. The van der Waals surface area contributed by atoms with Crippen molar-refractivity contribution >= 4 is 10.8 Å². The number of alkyl halides is 2. The van der Waals surface area contributed by atoms with Crippen molar-refractivity contribution in [2.24, 2.45) is 0 Å². The Morgan fingerprint density at radius 1 is 1.14 bits per heavy atom. The molecule has 1 unspecified atom stereocenters. The number of hydrogen-bond acceptors (Lipinski definition) is 6. The topological polar surface area (TPSA) is 95.6 Å². The first-order chi connectivity index (χ1) is 13.9. The van der Waals surface area contributed by atoms with Gasteiger partial charge in [-0.25, -0.2) is 9.37 Å². The average Bonchev–Trinajstić information content (AvgIpc) is 2.70. The molecule has 0 aliphatic rings. The maximum atomic E-state index is 13.7. The summed E-state index contributed by atoms with van der Waals surface area (Å²) in [5.74, 6) is -0.250. The van der Waals surface area contributed by atoms with E-state index in [-0.39, 0.29) is 11.4 Å². The van der Waals surface area contributed by atoms with Gasteiger partial charge in [-0.2, -0.15) is 14.0 Å². The lowest BCUT2D eigenvalue weighted by atomic mass is 9.97. The molecule has 0 saturated heterocycles. The summed E-state index contributed by atoms with van der Waals surface area (Å²) in [6.07, 6.45) is -2.35. The summed E-state index contributed by atoms with van der Waals surface area (Å²) < 4.78 is 47.0. The van der Waals surface area contributed by atoms with Gasteiger partial charge in [-0.1, -0.05) is 12.1 Å². The molecular weight excluding hydrogens is 389 g/mol. The van der Waals surface area contributed by atoms with E-state index in [1.807, 2.05) is 6.07 Å². The fourth-order valence-corrected chi connectivity index (χ4v) is 2.76. The Morgan fingerprint density at radius 2 is 1.93 bits per heavy atom. The molecule has 0 amide bonds. The van der Waals surface area contributed by atoms with Gasteiger partial charge in [0.05, 0.1) is 0 Å². The van der Waals surface area contributed by atoms with Crippen LogP contribution in [-0.2, 0) is 4.74 Å². The molecule has 29 heavy (non-hydrogen) atoms. The summed E-state index contributed by atoms with van der Waals surface area (Å²) in [6, 6.07) is 12.4. The van der Waals surface area contributed by atoms with E-state index in [1.165, 1.54) is 24.4 Å². The number of halogens is 3. The van der Waals surface area contributed by atoms with Crippen LogP contribution in [0.1, 0.15) is 5.69 Å². The second kappa shape index (κ2) is 8.87. The average molecular weight is 404 g/mol. The molecule has 2 aromatic carbocycles. The first-order valence-electron chi connectivity index (χ1n) is 8.40. The SMILES string of the molecule is N#Cc1ncc2ccc(OC[C@@H](O)C(O)OC(F)F)cc2c1-c1cccc(F)c1. The number of ether oxygens (including phenoxy) is 2. The Balaban J connectivity index is 1.94. The second-order valence-corrected chi connectivity index (χ2v) is 6.02. The zero-order valence-corrected chi connectivity index (χ0v) is 14.8. The fraction of sp³-hybridized carbons (Fsp3) is 0.200. The van der Waals surface area contributed by atoms with Gasteiger partial charge in [0, 0.05) is 17.1 Å². The molecule has 150 valence electrons. The number of benzene rings is 2. The monoisotopic (exact) mass is 404 g/mol. The third-order valence-corrected chi connectivity index (χ3v) is 4.08. The van der Waals surface area contributed by atoms with Crippen molar-refractivity contribution < 1.29 is 32.9 Å². The van der Waals surface area contributed by atoms with Crippen molar-refractivity contribution in [2.75, 3.05) is 6.61 Å². The van der Waals surface area contributed by atoms with E-state index in [2.05, 4.69) is 9.72 Å². The normalized spacial score (nSPS) is 13.3. The van der Waals surface area contributed by atoms with Gasteiger partial charge in [-0.3, -0.25) is 4.74 Å². The molecule has 6 nitrogen and oxygen atoms in total. The zero-order chi connectivity index (χ0) is 21.0. The van der Waals surface area contributed by atoms with Crippen molar-refractivity contribution in [3.05, 3.63) is 60.2 Å². The molecule has 3 aromatic rings. The summed E-state index contributed by atoms with van der Waals surface area (Å²) in [7, 11) is 0. The number of rotatable bonds is 7. The lowest BCUT2D eigenvalue weighted by Crippen LogP contribution is -2.35. The van der Waals surface area contributed by atoms with Gasteiger partial charge < -0.3 is 14.9 Å². The zero-order valence-electron chi connectivity index (χ0n) is 14.8. The summed E-state index contributed by atoms with van der Waals surface area (Å²) in [5, 5.41) is 29.6. The van der Waals surface area contributed by atoms with Crippen LogP contribution in [0.4, 0.5) is 13.2 Å². The van der Waals surface area contributed by atoms with Crippen molar-refractivity contribution in [3.8, 4) is 22.9 Å². The molecule has 0 aliphatic heterocycles. The molecule has 1 aromatic heterocycles. The number of pyridine rings is 1. The van der Waals surface area contributed by atoms with Crippen LogP contribution in [0.25, 0.3) is 21.9 Å². The highest BCUT2D eigenvalue weighted by Gasteiger charge is 2.22. The van der Waals surface area contributed by atoms with Crippen LogP contribution >= 0.6 is 0 Å². The molecule has 2 N–H and O–H groups in total. The van der Waals surface area contributed by atoms with Crippen LogP contribution < -0.4 is 4.74 Å². The highest BCUT2D eigenvalue weighted by atomic mass is 19.3. The first-order valence-corrected chi connectivity index (χ1v) is 8.40. The number of aliphatic hydroxyl groups excluding tert-OH is 2. The molecule has 0 saturated carbocycles. The first kappa shape index (κ1) is 20.5. The van der Waals surface area contributed by atoms with Gasteiger partial charge in [0.2, 0.25) is 0 Å². The number of nitriles is 1. The summed E-state index contributed by atoms with van der Waals surface area (Å²) in [5.41, 5.74) is 0.926. The largest absolute Gasteiger partial charge is 0.491 e. The minimum absolute atomic E-state index is 0.0843. The lowest BCUT2D eigenvalue weighted by Gasteiger charge is -2.18. The van der Waals surface area contributed by atoms with E-state index in [0.717, 1.165) is 0 Å². The molecule has 0 aliphatic carbocycles. The van der Waals surface area contributed by atoms with E-state index >= 15 is 0 Å². The Bertz CT molecular complexity index is 1060. The fourth-order valence-electron chi connectivity index (χ4n) is 2.76. The Hall–Kier alpha value is -3.19. The summed E-state index contributed by atoms with van der Waals surface area (Å²) in [4.78, 5) is 4.10. The molecule has 0 fully saturated rings. The third-order valence-electron chi connectivity index (χ3n) is 4.08. The molecule has 0 radical (unpaired) electrons. The van der Waals surface area contributed by atoms with E-state index in [0.29, 0.717) is 21.9 Å². The van der Waals surface area contributed by atoms with Crippen LogP contribution in [0, 0.1) is 17.1 Å². The molecular formula is C20H15F3N2O4. The Kier molecular flexibility index (Phi) is 6.29. The Labute approximate surface area is 163 Å². The number of nitrogens with zero attached hydrogens (tertiary/aromatic N) is 2. The minimum atomic E-state index is -3.24. The standard InChI is InChI=1S/C20H15F3N2O4/c21-13-3-1-2-11(6-13)18-15-7-14(5-4-12(15)9-25-16(18)8-24)28-10-17(26)19(27)29-20(22)23/h1-7,9,17,19-20,26-27H,10H2/t17-,19?/m1/s1. The predicted molar refractivity (Wildman–Crippen MR) is 96.4 cm³/mol. The second-order valence-electron chi connectivity index (χ2n) is 6.02. The number of hydrogen-bond donors (Lipinski definition) is 2. The smallest absolute Gasteiger partial charge is 0.347 e. The molecule has 0 bridgehead atoms. The predicted octanol–water partition coefficient (Wildman–Crippen LogP) is 3.21. The van der Waals surface area contributed by atoms with E-state index in [1.54, 1.807) is 24.3 Å². The van der Waals surface area contributed by atoms with Crippen LogP contribution in [0.3, 0.4) is 0 Å². The summed E-state index contributed by atoms with van der Waals surface area (Å²) >= 11 is 0. The quantitative estimate of drug-likeness (QED) is 0.587. The van der Waals surface area contributed by atoms with Crippen LogP contribution in [0.15, 0.2) is 48.7 Å². The van der Waals surface area contributed by atoms with Gasteiger partial charge in [0.25, 0.3) is 0 Å². The molecule has 3 rings (SSSR count). The van der Waals surface area contributed by atoms with Crippen molar-refractivity contribution in [3.63, 3.8) is 0 Å².